The molecule has 1 aromatic carbocycles. The lowest BCUT2D eigenvalue weighted by molar-refractivity contribution is 0.0642. The summed E-state index contributed by atoms with van der Waals surface area (Å²) in [7, 11) is 4.12. The number of ether oxygens (including phenoxy) is 2. The van der Waals surface area contributed by atoms with Crippen LogP contribution in [0.2, 0.25) is 0 Å². The first kappa shape index (κ1) is 25.2. The molecule has 0 saturated heterocycles. The van der Waals surface area contributed by atoms with Crippen LogP contribution in [-0.2, 0) is 28.9 Å². The molecule has 0 bridgehead atoms. The summed E-state index contributed by atoms with van der Waals surface area (Å²) in [6, 6.07) is 10.3. The Morgan fingerprint density at radius 1 is 1.03 bits per heavy atom. The first-order valence-corrected chi connectivity index (χ1v) is 12.9. The molecule has 2 aromatic rings. The molecule has 1 fully saturated rings. The predicted molar refractivity (Wildman–Crippen MR) is 138 cm³/mol. The minimum absolute atomic E-state index is 0.255. The molecular weight excluding hydrogens is 442 g/mol. The van der Waals surface area contributed by atoms with Crippen molar-refractivity contribution in [3.05, 3.63) is 47.2 Å². The Kier molecular flexibility index (Phi) is 9.17. The zero-order chi connectivity index (χ0) is 24.5. The van der Waals surface area contributed by atoms with Crippen molar-refractivity contribution >= 4 is 17.9 Å². The number of benzene rings is 1. The highest BCUT2D eigenvalue weighted by molar-refractivity contribution is 5.67. The van der Waals surface area contributed by atoms with Gasteiger partial charge in [0.15, 0.2) is 0 Å². The highest BCUT2D eigenvalue weighted by Crippen LogP contribution is 2.30. The molecular formula is C27H39N5O3. The van der Waals surface area contributed by atoms with E-state index in [1.807, 2.05) is 30.3 Å². The van der Waals surface area contributed by atoms with Crippen LogP contribution in [-0.4, -0.2) is 56.0 Å². The molecule has 2 aliphatic carbocycles. The van der Waals surface area contributed by atoms with Crippen molar-refractivity contribution in [3.63, 3.8) is 0 Å². The fourth-order valence-corrected chi connectivity index (χ4v) is 4.94. The third-order valence-corrected chi connectivity index (χ3v) is 6.87. The molecule has 35 heavy (non-hydrogen) atoms. The van der Waals surface area contributed by atoms with Crippen molar-refractivity contribution in [2.45, 2.75) is 64.0 Å². The molecule has 8 nitrogen and oxygen atoms in total. The number of rotatable bonds is 10. The van der Waals surface area contributed by atoms with E-state index in [9.17, 15) is 4.79 Å². The van der Waals surface area contributed by atoms with Gasteiger partial charge in [-0.2, -0.15) is 4.98 Å². The SMILES string of the molecule is CN(C)c1nc(NC2CCC(CNC(=O)OCCOCc3ccccc3)CC2)nc2c1CCCC2. The number of alkyl carbamates (subject to hydrolysis) is 1. The lowest BCUT2D eigenvalue weighted by Gasteiger charge is -2.30. The van der Waals surface area contributed by atoms with Crippen molar-refractivity contribution in [1.82, 2.24) is 15.3 Å². The van der Waals surface area contributed by atoms with Crippen LogP contribution in [0.3, 0.4) is 0 Å². The molecule has 0 radical (unpaired) electrons. The number of carbonyl (C=O) groups is 1. The summed E-state index contributed by atoms with van der Waals surface area (Å²) in [5, 5.41) is 6.50. The maximum Gasteiger partial charge on any atom is 0.407 e. The average molecular weight is 482 g/mol. The molecule has 8 heteroatoms. The highest BCUT2D eigenvalue weighted by atomic mass is 16.6. The minimum Gasteiger partial charge on any atom is -0.447 e. The molecule has 0 aliphatic heterocycles. The fraction of sp³-hybridized carbons (Fsp3) is 0.593. The van der Waals surface area contributed by atoms with Gasteiger partial charge in [-0.3, -0.25) is 0 Å². The molecule has 4 rings (SSSR count). The highest BCUT2D eigenvalue weighted by Gasteiger charge is 2.24. The van der Waals surface area contributed by atoms with Gasteiger partial charge in [0, 0.05) is 32.2 Å². The minimum atomic E-state index is -0.368. The summed E-state index contributed by atoms with van der Waals surface area (Å²) in [4.78, 5) is 23.8. The van der Waals surface area contributed by atoms with Crippen LogP contribution in [0, 0.1) is 5.92 Å². The largest absolute Gasteiger partial charge is 0.447 e. The first-order chi connectivity index (χ1) is 17.1. The van der Waals surface area contributed by atoms with E-state index in [0.29, 0.717) is 31.7 Å². The third-order valence-electron chi connectivity index (χ3n) is 6.87. The molecule has 1 saturated carbocycles. The summed E-state index contributed by atoms with van der Waals surface area (Å²) < 4.78 is 10.8. The molecule has 0 unspecified atom stereocenters. The van der Waals surface area contributed by atoms with Gasteiger partial charge >= 0.3 is 6.09 Å². The zero-order valence-electron chi connectivity index (χ0n) is 21.1. The summed E-state index contributed by atoms with van der Waals surface area (Å²) in [5.74, 6) is 2.28. The smallest absolute Gasteiger partial charge is 0.407 e. The topological polar surface area (TPSA) is 88.6 Å². The standard InChI is InChI=1S/C27H39N5O3/c1-32(2)25-23-10-6-7-11-24(23)30-26(31-25)29-22-14-12-20(13-15-22)18-28-27(33)35-17-16-34-19-21-8-4-3-5-9-21/h3-5,8-9,20,22H,6-7,10-19H2,1-2H3,(H,28,33)(H,29,30,31). The van der Waals surface area contributed by atoms with Gasteiger partial charge in [-0.15, -0.1) is 0 Å². The van der Waals surface area contributed by atoms with Gasteiger partial charge in [0.25, 0.3) is 0 Å². The Bertz CT molecular complexity index is 945. The number of fused-ring (bicyclic) bond motifs is 1. The van der Waals surface area contributed by atoms with Crippen LogP contribution in [0.5, 0.6) is 0 Å². The van der Waals surface area contributed by atoms with Gasteiger partial charge in [-0.05, 0) is 62.8 Å². The Hall–Kier alpha value is -2.87. The number of hydrogen-bond acceptors (Lipinski definition) is 7. The van der Waals surface area contributed by atoms with Gasteiger partial charge in [-0.25, -0.2) is 9.78 Å². The van der Waals surface area contributed by atoms with Crippen LogP contribution in [0.25, 0.3) is 0 Å². The predicted octanol–water partition coefficient (Wildman–Crippen LogP) is 4.34. The monoisotopic (exact) mass is 481 g/mol. The molecule has 0 spiro atoms. The second-order valence-corrected chi connectivity index (χ2v) is 9.81. The lowest BCUT2D eigenvalue weighted by Crippen LogP contribution is -2.35. The van der Waals surface area contributed by atoms with Gasteiger partial charge < -0.3 is 25.0 Å². The third kappa shape index (κ3) is 7.56. The number of anilines is 2. The number of nitrogens with zero attached hydrogens (tertiary/aromatic N) is 3. The van der Waals surface area contributed by atoms with Crippen LogP contribution < -0.4 is 15.5 Å². The van der Waals surface area contributed by atoms with Crippen molar-refractivity contribution in [3.8, 4) is 0 Å². The maximum atomic E-state index is 12.0. The second kappa shape index (κ2) is 12.7. The van der Waals surface area contributed by atoms with E-state index in [2.05, 4.69) is 29.6 Å². The summed E-state index contributed by atoms with van der Waals surface area (Å²) >= 11 is 0. The van der Waals surface area contributed by atoms with Crippen molar-refractivity contribution in [1.29, 1.82) is 0 Å². The molecule has 1 amide bonds. The quantitative estimate of drug-likeness (QED) is 0.488. The Labute approximate surface area is 208 Å². The van der Waals surface area contributed by atoms with E-state index in [-0.39, 0.29) is 12.7 Å². The Balaban J connectivity index is 1.13. The molecule has 190 valence electrons. The van der Waals surface area contributed by atoms with E-state index >= 15 is 0 Å². The van der Waals surface area contributed by atoms with Crippen molar-refractivity contribution < 1.29 is 14.3 Å². The first-order valence-electron chi connectivity index (χ1n) is 12.9. The number of aromatic nitrogens is 2. The van der Waals surface area contributed by atoms with E-state index in [1.165, 1.54) is 24.1 Å². The van der Waals surface area contributed by atoms with Gasteiger partial charge in [0.1, 0.15) is 12.4 Å². The number of amides is 1. The number of carbonyl (C=O) groups excluding carboxylic acids is 1. The summed E-state index contributed by atoms with van der Waals surface area (Å²) in [5.41, 5.74) is 3.63. The Morgan fingerprint density at radius 2 is 1.80 bits per heavy atom. The summed E-state index contributed by atoms with van der Waals surface area (Å²) in [6.45, 7) is 1.82. The van der Waals surface area contributed by atoms with Crippen LogP contribution >= 0.6 is 0 Å². The molecule has 1 heterocycles. The number of nitrogens with one attached hydrogen (secondary N) is 2. The van der Waals surface area contributed by atoms with E-state index in [0.717, 1.165) is 55.9 Å². The number of aryl methyl sites for hydroxylation is 1. The number of hydrogen-bond donors (Lipinski definition) is 2. The van der Waals surface area contributed by atoms with Crippen LogP contribution in [0.1, 0.15) is 55.3 Å². The van der Waals surface area contributed by atoms with Crippen molar-refractivity contribution in [2.24, 2.45) is 5.92 Å². The van der Waals surface area contributed by atoms with E-state index in [1.54, 1.807) is 0 Å². The average Bonchev–Trinajstić information content (AvgIpc) is 2.88. The van der Waals surface area contributed by atoms with Crippen LogP contribution in [0.15, 0.2) is 30.3 Å². The molecule has 1 aromatic heterocycles. The van der Waals surface area contributed by atoms with Crippen molar-refractivity contribution in [2.75, 3.05) is 44.1 Å². The van der Waals surface area contributed by atoms with Gasteiger partial charge in [0.2, 0.25) is 5.95 Å². The molecule has 2 N–H and O–H groups in total. The fourth-order valence-electron chi connectivity index (χ4n) is 4.94. The Morgan fingerprint density at radius 3 is 2.57 bits per heavy atom. The van der Waals surface area contributed by atoms with Crippen LogP contribution in [0.4, 0.5) is 16.6 Å². The molecule has 0 atom stereocenters. The van der Waals surface area contributed by atoms with E-state index in [4.69, 9.17) is 19.4 Å². The normalized spacial score (nSPS) is 19.5. The second-order valence-electron chi connectivity index (χ2n) is 9.81. The van der Waals surface area contributed by atoms with Gasteiger partial charge in [-0.1, -0.05) is 30.3 Å². The molecule has 2 aliphatic rings. The van der Waals surface area contributed by atoms with Gasteiger partial charge in [0.05, 0.1) is 18.9 Å². The lowest BCUT2D eigenvalue weighted by atomic mass is 9.86. The van der Waals surface area contributed by atoms with E-state index < -0.39 is 0 Å². The summed E-state index contributed by atoms with van der Waals surface area (Å²) in [6.07, 6.45) is 8.39. The maximum absolute atomic E-state index is 12.0. The zero-order valence-corrected chi connectivity index (χ0v) is 21.1.